The second kappa shape index (κ2) is 12.1. The Bertz CT molecular complexity index is 1090. The standard InChI is InChI=1S/C26H36N6O4/c1-2-20-7-11-29(12-8-20)19-21-3-5-22(6-4-21)32-13-9-23(28-26(32)36)27-25(35)31-16-14-30(15-17-31)24(34)10-18-33/h3-6,9,13,20,33H,2,7-8,10-12,14-19H2,1H3,(H,27,28,35,36). The Labute approximate surface area is 211 Å². The topological polar surface area (TPSA) is 111 Å². The van der Waals surface area contributed by atoms with Crippen molar-refractivity contribution in [1.29, 1.82) is 0 Å². The molecule has 0 aliphatic carbocycles. The Kier molecular flexibility index (Phi) is 8.71. The first-order valence-electron chi connectivity index (χ1n) is 12.8. The molecule has 1 aromatic heterocycles. The summed E-state index contributed by atoms with van der Waals surface area (Å²) in [5.74, 6) is 0.925. The molecule has 3 amide bonds. The van der Waals surface area contributed by atoms with Crippen LogP contribution in [-0.4, -0.2) is 87.2 Å². The van der Waals surface area contributed by atoms with E-state index >= 15 is 0 Å². The number of nitrogens with zero attached hydrogens (tertiary/aromatic N) is 5. The molecule has 3 heterocycles. The Morgan fingerprint density at radius 3 is 2.28 bits per heavy atom. The number of hydrogen-bond donors (Lipinski definition) is 2. The normalized spacial score (nSPS) is 17.3. The minimum atomic E-state index is -0.471. The first kappa shape index (κ1) is 25.8. The highest BCUT2D eigenvalue weighted by molar-refractivity contribution is 5.88. The van der Waals surface area contributed by atoms with E-state index in [1.807, 2.05) is 24.3 Å². The summed E-state index contributed by atoms with van der Waals surface area (Å²) in [5.41, 5.74) is 1.47. The van der Waals surface area contributed by atoms with Crippen molar-refractivity contribution in [1.82, 2.24) is 24.3 Å². The van der Waals surface area contributed by atoms with E-state index in [-0.39, 0.29) is 30.8 Å². The third-order valence-electron chi connectivity index (χ3n) is 7.19. The number of carbonyl (C=O) groups is 2. The highest BCUT2D eigenvalue weighted by Gasteiger charge is 2.24. The highest BCUT2D eigenvalue weighted by Crippen LogP contribution is 2.21. The quantitative estimate of drug-likeness (QED) is 0.606. The summed E-state index contributed by atoms with van der Waals surface area (Å²) in [6.07, 6.45) is 5.49. The van der Waals surface area contributed by atoms with Gasteiger partial charge in [0.2, 0.25) is 5.91 Å². The van der Waals surface area contributed by atoms with Gasteiger partial charge in [-0.1, -0.05) is 25.5 Å². The molecule has 2 aliphatic heterocycles. The second-order valence-corrected chi connectivity index (χ2v) is 9.53. The van der Waals surface area contributed by atoms with Gasteiger partial charge in [0.15, 0.2) is 0 Å². The Morgan fingerprint density at radius 1 is 1.00 bits per heavy atom. The SMILES string of the molecule is CCC1CCN(Cc2ccc(-n3ccc(NC(=O)N4CCN(C(=O)CCO)CC4)nc3=O)cc2)CC1. The molecule has 2 N–H and O–H groups in total. The van der Waals surface area contributed by atoms with Crippen molar-refractivity contribution >= 4 is 17.8 Å². The summed E-state index contributed by atoms with van der Waals surface area (Å²) in [7, 11) is 0. The fraction of sp³-hybridized carbons (Fsp3) is 0.538. The zero-order valence-electron chi connectivity index (χ0n) is 20.9. The lowest BCUT2D eigenvalue weighted by molar-refractivity contribution is -0.133. The molecule has 10 heteroatoms. The summed E-state index contributed by atoms with van der Waals surface area (Å²) in [6.45, 7) is 6.85. The average molecular weight is 497 g/mol. The van der Waals surface area contributed by atoms with Gasteiger partial charge in [-0.2, -0.15) is 4.98 Å². The summed E-state index contributed by atoms with van der Waals surface area (Å²) < 4.78 is 1.46. The van der Waals surface area contributed by atoms with Gasteiger partial charge in [0.05, 0.1) is 12.3 Å². The third kappa shape index (κ3) is 6.50. The number of nitrogens with one attached hydrogen (secondary N) is 1. The van der Waals surface area contributed by atoms with E-state index in [9.17, 15) is 14.4 Å². The van der Waals surface area contributed by atoms with Gasteiger partial charge >= 0.3 is 11.7 Å². The van der Waals surface area contributed by atoms with Crippen molar-refractivity contribution in [3.8, 4) is 5.69 Å². The van der Waals surface area contributed by atoms with Crippen molar-refractivity contribution in [2.45, 2.75) is 39.2 Å². The van der Waals surface area contributed by atoms with Crippen LogP contribution in [0.3, 0.4) is 0 Å². The monoisotopic (exact) mass is 496 g/mol. The molecule has 4 rings (SSSR count). The number of amides is 3. The molecular formula is C26H36N6O4. The second-order valence-electron chi connectivity index (χ2n) is 9.53. The largest absolute Gasteiger partial charge is 0.396 e. The van der Waals surface area contributed by atoms with Crippen LogP contribution < -0.4 is 11.0 Å². The van der Waals surface area contributed by atoms with Gasteiger partial charge in [-0.3, -0.25) is 19.6 Å². The lowest BCUT2D eigenvalue weighted by atomic mass is 9.94. The smallest absolute Gasteiger partial charge is 0.354 e. The molecule has 36 heavy (non-hydrogen) atoms. The third-order valence-corrected chi connectivity index (χ3v) is 7.19. The van der Waals surface area contributed by atoms with Crippen LogP contribution in [0.1, 0.15) is 38.2 Å². The van der Waals surface area contributed by atoms with Crippen LogP contribution >= 0.6 is 0 Å². The van der Waals surface area contributed by atoms with Gasteiger partial charge in [0.1, 0.15) is 5.82 Å². The van der Waals surface area contributed by atoms with Crippen LogP contribution in [0.5, 0.6) is 0 Å². The zero-order chi connectivity index (χ0) is 25.5. The number of hydrogen-bond acceptors (Lipinski definition) is 6. The molecule has 0 spiro atoms. The van der Waals surface area contributed by atoms with Gasteiger partial charge in [0, 0.05) is 45.3 Å². The maximum absolute atomic E-state index is 12.7. The average Bonchev–Trinajstić information content (AvgIpc) is 2.90. The summed E-state index contributed by atoms with van der Waals surface area (Å²) >= 11 is 0. The number of benzene rings is 1. The van der Waals surface area contributed by atoms with Crippen molar-refractivity contribution in [3.05, 3.63) is 52.6 Å². The lowest BCUT2D eigenvalue weighted by Gasteiger charge is -2.34. The Balaban J connectivity index is 1.31. The molecule has 1 aromatic carbocycles. The van der Waals surface area contributed by atoms with Crippen molar-refractivity contribution in [2.24, 2.45) is 5.92 Å². The summed E-state index contributed by atoms with van der Waals surface area (Å²) in [6, 6.07) is 9.19. The summed E-state index contributed by atoms with van der Waals surface area (Å²) in [4.78, 5) is 46.9. The number of carbonyl (C=O) groups excluding carboxylic acids is 2. The predicted octanol–water partition coefficient (Wildman–Crippen LogP) is 1.91. The van der Waals surface area contributed by atoms with E-state index in [2.05, 4.69) is 22.1 Å². The van der Waals surface area contributed by atoms with Crippen molar-refractivity contribution in [3.63, 3.8) is 0 Å². The molecule has 0 saturated carbocycles. The van der Waals surface area contributed by atoms with Crippen LogP contribution in [0.2, 0.25) is 0 Å². The maximum Gasteiger partial charge on any atom is 0.354 e. The van der Waals surface area contributed by atoms with Crippen LogP contribution in [0, 0.1) is 5.92 Å². The number of likely N-dealkylation sites (tertiary alicyclic amines) is 1. The molecule has 2 aromatic rings. The fourth-order valence-electron chi connectivity index (χ4n) is 4.84. The van der Waals surface area contributed by atoms with E-state index in [4.69, 9.17) is 5.11 Å². The van der Waals surface area contributed by atoms with Gasteiger partial charge in [-0.25, -0.2) is 9.59 Å². The lowest BCUT2D eigenvalue weighted by Crippen LogP contribution is -2.51. The van der Waals surface area contributed by atoms with Crippen molar-refractivity contribution in [2.75, 3.05) is 51.2 Å². The molecule has 0 radical (unpaired) electrons. The number of aliphatic hydroxyl groups is 1. The number of urea groups is 1. The number of anilines is 1. The van der Waals surface area contributed by atoms with Crippen LogP contribution in [0.15, 0.2) is 41.3 Å². The molecule has 0 atom stereocenters. The van der Waals surface area contributed by atoms with E-state index in [1.54, 1.807) is 22.1 Å². The van der Waals surface area contributed by atoms with Crippen LogP contribution in [-0.2, 0) is 11.3 Å². The minimum absolute atomic E-state index is 0.0903. The number of piperidine rings is 1. The first-order valence-corrected chi connectivity index (χ1v) is 12.8. The van der Waals surface area contributed by atoms with Crippen LogP contribution in [0.4, 0.5) is 10.6 Å². The van der Waals surface area contributed by atoms with E-state index in [0.717, 1.165) is 31.2 Å². The molecule has 10 nitrogen and oxygen atoms in total. The number of piperazine rings is 1. The minimum Gasteiger partial charge on any atom is -0.396 e. The molecule has 2 fully saturated rings. The molecular weight excluding hydrogens is 460 g/mol. The number of rotatable bonds is 7. The van der Waals surface area contributed by atoms with Crippen molar-refractivity contribution < 1.29 is 14.7 Å². The molecule has 0 unspecified atom stereocenters. The zero-order valence-corrected chi connectivity index (χ0v) is 20.9. The number of aromatic nitrogens is 2. The predicted molar refractivity (Wildman–Crippen MR) is 137 cm³/mol. The Hall–Kier alpha value is -3.24. The first-order chi connectivity index (χ1) is 17.5. The molecule has 0 bridgehead atoms. The van der Waals surface area contributed by atoms with E-state index < -0.39 is 5.69 Å². The molecule has 2 aliphatic rings. The summed E-state index contributed by atoms with van der Waals surface area (Å²) in [5, 5.41) is 11.6. The maximum atomic E-state index is 12.7. The molecule has 194 valence electrons. The number of aliphatic hydroxyl groups excluding tert-OH is 1. The van der Waals surface area contributed by atoms with Gasteiger partial charge in [-0.05, 0) is 55.6 Å². The van der Waals surface area contributed by atoms with Gasteiger partial charge < -0.3 is 14.9 Å². The van der Waals surface area contributed by atoms with Crippen LogP contribution in [0.25, 0.3) is 5.69 Å². The van der Waals surface area contributed by atoms with Gasteiger partial charge in [0.25, 0.3) is 0 Å². The highest BCUT2D eigenvalue weighted by atomic mass is 16.3. The fourth-order valence-corrected chi connectivity index (χ4v) is 4.84. The molecule has 2 saturated heterocycles. The van der Waals surface area contributed by atoms with Gasteiger partial charge in [-0.15, -0.1) is 0 Å². The Morgan fingerprint density at radius 2 is 1.67 bits per heavy atom. The van der Waals surface area contributed by atoms with E-state index in [0.29, 0.717) is 26.2 Å². The van der Waals surface area contributed by atoms with E-state index in [1.165, 1.54) is 29.4 Å².